The maximum Gasteiger partial charge on any atom is 0.422 e. The lowest BCUT2D eigenvalue weighted by Crippen LogP contribution is -2.19. The van der Waals surface area contributed by atoms with Crippen molar-refractivity contribution in [3.8, 4) is 5.75 Å². The number of pyridine rings is 1. The molecule has 4 nitrogen and oxygen atoms in total. The lowest BCUT2D eigenvalue weighted by molar-refractivity contribution is -0.153. The molecule has 0 spiro atoms. The molecule has 0 aliphatic rings. The third kappa shape index (κ3) is 3.17. The third-order valence-electron chi connectivity index (χ3n) is 2.47. The van der Waals surface area contributed by atoms with Crippen molar-refractivity contribution in [2.24, 2.45) is 0 Å². The van der Waals surface area contributed by atoms with E-state index in [-0.39, 0.29) is 17.0 Å². The molecule has 0 aliphatic heterocycles. The van der Waals surface area contributed by atoms with Crippen LogP contribution in [0.2, 0.25) is 0 Å². The summed E-state index contributed by atoms with van der Waals surface area (Å²) >= 11 is 0. The van der Waals surface area contributed by atoms with Crippen molar-refractivity contribution in [1.29, 1.82) is 0 Å². The first kappa shape index (κ1) is 14.1. The van der Waals surface area contributed by atoms with Gasteiger partial charge in [-0.1, -0.05) is 18.2 Å². The van der Waals surface area contributed by atoms with E-state index in [0.717, 1.165) is 0 Å². The molecular weight excluding hydrogens is 275 g/mol. The van der Waals surface area contributed by atoms with Crippen LogP contribution in [0.3, 0.4) is 0 Å². The Bertz CT molecular complexity index is 640. The minimum absolute atomic E-state index is 0.00283. The number of rotatable bonds is 3. The monoisotopic (exact) mass is 285 g/mol. The van der Waals surface area contributed by atoms with Gasteiger partial charge in [0, 0.05) is 5.39 Å². The summed E-state index contributed by atoms with van der Waals surface area (Å²) in [4.78, 5) is 15.4. The zero-order chi connectivity index (χ0) is 14.8. The van der Waals surface area contributed by atoms with Gasteiger partial charge in [-0.2, -0.15) is 13.2 Å². The van der Waals surface area contributed by atoms with E-state index in [1.807, 2.05) is 0 Å². The van der Waals surface area contributed by atoms with Crippen LogP contribution in [0, 0.1) is 0 Å². The molecule has 0 atom stereocenters. The van der Waals surface area contributed by atoms with Crippen molar-refractivity contribution in [1.82, 2.24) is 4.98 Å². The summed E-state index contributed by atoms with van der Waals surface area (Å²) in [5.74, 6) is -0.705. The maximum absolute atomic E-state index is 12.2. The average molecular weight is 285 g/mol. The highest BCUT2D eigenvalue weighted by molar-refractivity contribution is 5.92. The number of hydrogen-bond donors (Lipinski definition) is 0. The number of hydrogen-bond acceptors (Lipinski definition) is 4. The highest BCUT2D eigenvalue weighted by atomic mass is 19.4. The number of methoxy groups -OCH3 is 1. The molecule has 0 radical (unpaired) electrons. The number of carbonyl (C=O) groups is 1. The molecule has 0 N–H and O–H groups in total. The van der Waals surface area contributed by atoms with Gasteiger partial charge in [0.1, 0.15) is 17.0 Å². The normalized spacial score (nSPS) is 11.4. The topological polar surface area (TPSA) is 48.4 Å². The zero-order valence-electron chi connectivity index (χ0n) is 10.4. The van der Waals surface area contributed by atoms with E-state index in [0.29, 0.717) is 5.39 Å². The highest BCUT2D eigenvalue weighted by Crippen LogP contribution is 2.26. The summed E-state index contributed by atoms with van der Waals surface area (Å²) in [5, 5.41) is 0.567. The van der Waals surface area contributed by atoms with Gasteiger partial charge in [0.15, 0.2) is 6.61 Å². The number of benzene rings is 1. The smallest absolute Gasteiger partial charge is 0.422 e. The molecule has 1 aromatic carbocycles. The number of nitrogens with zero attached hydrogens (tertiary/aromatic N) is 1. The fraction of sp³-hybridized carbons (Fsp3) is 0.231. The van der Waals surface area contributed by atoms with E-state index < -0.39 is 18.8 Å². The summed E-state index contributed by atoms with van der Waals surface area (Å²) in [6.45, 7) is -1.42. The van der Waals surface area contributed by atoms with Crippen molar-refractivity contribution < 1.29 is 27.4 Å². The highest BCUT2D eigenvalue weighted by Gasteiger charge is 2.28. The molecule has 2 aromatic rings. The van der Waals surface area contributed by atoms with Crippen LogP contribution in [0.1, 0.15) is 10.5 Å². The van der Waals surface area contributed by atoms with Crippen LogP contribution in [0.25, 0.3) is 10.9 Å². The molecule has 0 aliphatic carbocycles. The summed E-state index contributed by atoms with van der Waals surface area (Å²) < 4.78 is 45.8. The van der Waals surface area contributed by atoms with Crippen molar-refractivity contribution in [3.05, 3.63) is 36.0 Å². The largest absolute Gasteiger partial charge is 0.482 e. The Morgan fingerprint density at radius 2 is 2.00 bits per heavy atom. The number of aromatic nitrogens is 1. The zero-order valence-corrected chi connectivity index (χ0v) is 10.4. The van der Waals surface area contributed by atoms with Gasteiger partial charge in [-0.25, -0.2) is 9.78 Å². The molecule has 7 heteroatoms. The number of ether oxygens (including phenoxy) is 2. The fourth-order valence-electron chi connectivity index (χ4n) is 1.61. The van der Waals surface area contributed by atoms with Crippen LogP contribution in [0.15, 0.2) is 30.3 Å². The number of alkyl halides is 3. The van der Waals surface area contributed by atoms with Gasteiger partial charge in [-0.05, 0) is 12.1 Å². The van der Waals surface area contributed by atoms with Gasteiger partial charge in [-0.3, -0.25) is 0 Å². The van der Waals surface area contributed by atoms with Crippen LogP contribution in [0.5, 0.6) is 5.75 Å². The van der Waals surface area contributed by atoms with E-state index in [2.05, 4.69) is 9.72 Å². The number of carbonyl (C=O) groups excluding carboxylic acids is 1. The van der Waals surface area contributed by atoms with Crippen LogP contribution < -0.4 is 4.74 Å². The summed E-state index contributed by atoms with van der Waals surface area (Å²) in [6, 6.07) is 7.57. The van der Waals surface area contributed by atoms with Crippen LogP contribution >= 0.6 is 0 Å². The van der Waals surface area contributed by atoms with Gasteiger partial charge in [0.2, 0.25) is 0 Å². The Hall–Kier alpha value is -2.31. The van der Waals surface area contributed by atoms with Crippen LogP contribution in [0.4, 0.5) is 13.2 Å². The molecule has 1 aromatic heterocycles. The predicted octanol–water partition coefficient (Wildman–Crippen LogP) is 2.96. The fourth-order valence-corrected chi connectivity index (χ4v) is 1.61. The number of esters is 1. The SMILES string of the molecule is COC(=O)c1ccc2cccc(OCC(F)(F)F)c2n1. The first-order valence-corrected chi connectivity index (χ1v) is 5.58. The molecule has 106 valence electrons. The Balaban J connectivity index is 2.41. The maximum atomic E-state index is 12.2. The molecule has 0 saturated carbocycles. The predicted molar refractivity (Wildman–Crippen MR) is 64.6 cm³/mol. The number of para-hydroxylation sites is 1. The average Bonchev–Trinajstić information content (AvgIpc) is 2.42. The lowest BCUT2D eigenvalue weighted by atomic mass is 10.2. The second-order valence-corrected chi connectivity index (χ2v) is 3.92. The van der Waals surface area contributed by atoms with Crippen LogP contribution in [-0.4, -0.2) is 30.8 Å². The molecular formula is C13H10F3NO3. The molecule has 0 saturated heterocycles. The lowest BCUT2D eigenvalue weighted by Gasteiger charge is -2.11. The van der Waals surface area contributed by atoms with E-state index in [1.165, 1.54) is 19.2 Å². The quantitative estimate of drug-likeness (QED) is 0.813. The van der Waals surface area contributed by atoms with Crippen molar-refractivity contribution >= 4 is 16.9 Å². The molecule has 2 rings (SSSR count). The Labute approximate surface area is 112 Å². The minimum Gasteiger partial charge on any atom is -0.482 e. The van der Waals surface area contributed by atoms with Crippen molar-refractivity contribution in [2.75, 3.05) is 13.7 Å². The minimum atomic E-state index is -4.44. The van der Waals surface area contributed by atoms with Gasteiger partial charge in [-0.15, -0.1) is 0 Å². The second kappa shape index (κ2) is 5.36. The van der Waals surface area contributed by atoms with Gasteiger partial charge in [0.25, 0.3) is 0 Å². The molecule has 0 unspecified atom stereocenters. The standard InChI is InChI=1S/C13H10F3NO3/c1-19-12(18)9-6-5-8-3-2-4-10(11(8)17-9)20-7-13(14,15)16/h2-6H,7H2,1H3. The van der Waals surface area contributed by atoms with Crippen molar-refractivity contribution in [3.63, 3.8) is 0 Å². The summed E-state index contributed by atoms with van der Waals surface area (Å²) in [5.41, 5.74) is 0.183. The molecule has 0 amide bonds. The Morgan fingerprint density at radius 3 is 2.65 bits per heavy atom. The van der Waals surface area contributed by atoms with Crippen LogP contribution in [-0.2, 0) is 4.74 Å². The molecule has 0 bridgehead atoms. The van der Waals surface area contributed by atoms with E-state index in [9.17, 15) is 18.0 Å². The number of fused-ring (bicyclic) bond motifs is 1. The third-order valence-corrected chi connectivity index (χ3v) is 2.47. The van der Waals surface area contributed by atoms with Gasteiger partial charge < -0.3 is 9.47 Å². The van der Waals surface area contributed by atoms with E-state index in [1.54, 1.807) is 18.2 Å². The number of halogens is 3. The first-order valence-electron chi connectivity index (χ1n) is 5.58. The molecule has 0 fully saturated rings. The van der Waals surface area contributed by atoms with Gasteiger partial charge >= 0.3 is 12.1 Å². The molecule has 20 heavy (non-hydrogen) atoms. The van der Waals surface area contributed by atoms with Gasteiger partial charge in [0.05, 0.1) is 7.11 Å². The first-order chi connectivity index (χ1) is 9.40. The van der Waals surface area contributed by atoms with Crippen molar-refractivity contribution in [2.45, 2.75) is 6.18 Å². The Morgan fingerprint density at radius 1 is 1.25 bits per heavy atom. The second-order valence-electron chi connectivity index (χ2n) is 3.92. The molecule has 1 heterocycles. The summed E-state index contributed by atoms with van der Waals surface area (Å²) in [7, 11) is 1.19. The Kier molecular flexibility index (Phi) is 3.78. The summed E-state index contributed by atoms with van der Waals surface area (Å²) in [6.07, 6.45) is -4.44. The van der Waals surface area contributed by atoms with E-state index >= 15 is 0 Å². The van der Waals surface area contributed by atoms with E-state index in [4.69, 9.17) is 4.74 Å².